The summed E-state index contributed by atoms with van der Waals surface area (Å²) in [6, 6.07) is 19.6. The third-order valence-corrected chi connectivity index (χ3v) is 8.13. The third-order valence-electron chi connectivity index (χ3n) is 6.58. The zero-order valence-corrected chi connectivity index (χ0v) is 18.8. The highest BCUT2D eigenvalue weighted by atomic mass is 32.2. The Balaban J connectivity index is 1.34. The third kappa shape index (κ3) is 3.84. The van der Waals surface area contributed by atoms with Crippen molar-refractivity contribution < 1.29 is 14.5 Å². The number of carbonyl (C=O) groups is 2. The van der Waals surface area contributed by atoms with Crippen molar-refractivity contribution in [3.8, 4) is 0 Å². The van der Waals surface area contributed by atoms with Crippen LogP contribution in [0.2, 0.25) is 0 Å². The SMILES string of the molecule is O=C(c1cccc2ccccc12)N1CCC2(CC1)SCCN2C(=O)c1cccc([N+](=O)[O-])c1. The molecule has 0 aliphatic carbocycles. The monoisotopic (exact) mass is 461 g/mol. The van der Waals surface area contributed by atoms with Gasteiger partial charge in [0.25, 0.3) is 17.5 Å². The van der Waals surface area contributed by atoms with Gasteiger partial charge in [-0.2, -0.15) is 0 Å². The number of likely N-dealkylation sites (tertiary alicyclic amines) is 1. The molecule has 0 bridgehead atoms. The second kappa shape index (κ2) is 8.51. The van der Waals surface area contributed by atoms with E-state index in [9.17, 15) is 19.7 Å². The number of rotatable bonds is 3. The Bertz CT molecular complexity index is 1250. The van der Waals surface area contributed by atoms with Crippen molar-refractivity contribution >= 4 is 40.0 Å². The van der Waals surface area contributed by atoms with Gasteiger partial charge < -0.3 is 9.80 Å². The maximum absolute atomic E-state index is 13.3. The summed E-state index contributed by atoms with van der Waals surface area (Å²) >= 11 is 1.75. The lowest BCUT2D eigenvalue weighted by Crippen LogP contribution is -2.53. The Morgan fingerprint density at radius 3 is 2.42 bits per heavy atom. The molecule has 0 atom stereocenters. The number of hydrogen-bond donors (Lipinski definition) is 0. The van der Waals surface area contributed by atoms with Gasteiger partial charge in [-0.1, -0.05) is 42.5 Å². The minimum Gasteiger partial charge on any atom is -0.338 e. The summed E-state index contributed by atoms with van der Waals surface area (Å²) in [5.41, 5.74) is 0.949. The zero-order chi connectivity index (χ0) is 23.0. The fourth-order valence-corrected chi connectivity index (χ4v) is 6.31. The Morgan fingerprint density at radius 1 is 0.909 bits per heavy atom. The van der Waals surface area contributed by atoms with Crippen LogP contribution in [0.25, 0.3) is 10.8 Å². The van der Waals surface area contributed by atoms with Crippen LogP contribution in [0, 0.1) is 10.1 Å². The Hall–Kier alpha value is -3.39. The number of nitro benzene ring substituents is 1. The maximum atomic E-state index is 13.3. The molecule has 2 aliphatic heterocycles. The summed E-state index contributed by atoms with van der Waals surface area (Å²) in [5.74, 6) is 0.650. The van der Waals surface area contributed by atoms with Gasteiger partial charge in [0.2, 0.25) is 0 Å². The molecule has 2 aliphatic rings. The first-order valence-electron chi connectivity index (χ1n) is 11.0. The number of nitrogens with zero attached hydrogens (tertiary/aromatic N) is 3. The van der Waals surface area contributed by atoms with E-state index in [1.807, 2.05) is 52.3 Å². The van der Waals surface area contributed by atoms with Crippen LogP contribution in [0.4, 0.5) is 5.69 Å². The first-order chi connectivity index (χ1) is 16.0. The number of amides is 2. The van der Waals surface area contributed by atoms with E-state index >= 15 is 0 Å². The minimum atomic E-state index is -0.483. The standard InChI is InChI=1S/C25H23N3O4S/c29-23(19-7-3-8-20(17-19)28(31)32)27-15-16-33-25(27)11-13-26(14-12-25)24(30)22-10-4-6-18-5-1-2-9-21(18)22/h1-10,17H,11-16H2. The molecule has 2 heterocycles. The number of piperidine rings is 1. The molecule has 0 saturated carbocycles. The lowest BCUT2D eigenvalue weighted by Gasteiger charge is -2.44. The van der Waals surface area contributed by atoms with E-state index in [0.717, 1.165) is 16.5 Å². The summed E-state index contributed by atoms with van der Waals surface area (Å²) in [6.45, 7) is 1.73. The predicted molar refractivity (Wildman–Crippen MR) is 128 cm³/mol. The van der Waals surface area contributed by atoms with E-state index in [1.54, 1.807) is 23.9 Å². The summed E-state index contributed by atoms with van der Waals surface area (Å²) in [6.07, 6.45) is 1.35. The second-order valence-electron chi connectivity index (χ2n) is 8.38. The van der Waals surface area contributed by atoms with Crippen LogP contribution >= 0.6 is 11.8 Å². The fourth-order valence-electron chi connectivity index (χ4n) is 4.86. The van der Waals surface area contributed by atoms with Crippen LogP contribution in [0.1, 0.15) is 33.6 Å². The van der Waals surface area contributed by atoms with Gasteiger partial charge in [0.1, 0.15) is 0 Å². The summed E-state index contributed by atoms with van der Waals surface area (Å²) < 4.78 is 0. The van der Waals surface area contributed by atoms with Crippen molar-refractivity contribution in [2.75, 3.05) is 25.4 Å². The summed E-state index contributed by atoms with van der Waals surface area (Å²) in [4.78, 5) is 40.6. The van der Waals surface area contributed by atoms with Gasteiger partial charge in [-0.15, -0.1) is 11.8 Å². The summed E-state index contributed by atoms with van der Waals surface area (Å²) in [5, 5.41) is 13.1. The van der Waals surface area contributed by atoms with Gasteiger partial charge >= 0.3 is 0 Å². The molecule has 5 rings (SSSR count). The molecule has 0 unspecified atom stereocenters. The van der Waals surface area contributed by atoms with Gasteiger partial charge in [0, 0.05) is 48.6 Å². The lowest BCUT2D eigenvalue weighted by atomic mass is 9.98. The van der Waals surface area contributed by atoms with E-state index in [1.165, 1.54) is 12.1 Å². The number of nitro groups is 1. The molecule has 7 nitrogen and oxygen atoms in total. The smallest absolute Gasteiger partial charge is 0.270 e. The van der Waals surface area contributed by atoms with Gasteiger partial charge in [-0.3, -0.25) is 19.7 Å². The molecule has 2 saturated heterocycles. The molecule has 168 valence electrons. The Morgan fingerprint density at radius 2 is 1.64 bits per heavy atom. The molecule has 8 heteroatoms. The largest absolute Gasteiger partial charge is 0.338 e. The normalized spacial score (nSPS) is 17.5. The molecule has 0 N–H and O–H groups in total. The van der Waals surface area contributed by atoms with E-state index in [4.69, 9.17) is 0 Å². The van der Waals surface area contributed by atoms with Crippen LogP contribution in [0.3, 0.4) is 0 Å². The number of non-ortho nitro benzene ring substituents is 1. The molecule has 3 aromatic carbocycles. The maximum Gasteiger partial charge on any atom is 0.270 e. The molecule has 1 spiro atoms. The molecular weight excluding hydrogens is 438 g/mol. The van der Waals surface area contributed by atoms with Crippen molar-refractivity contribution in [2.45, 2.75) is 17.7 Å². The number of thioether (sulfide) groups is 1. The molecule has 0 radical (unpaired) electrons. The van der Waals surface area contributed by atoms with Gasteiger partial charge in [-0.05, 0) is 35.7 Å². The predicted octanol–water partition coefficient (Wildman–Crippen LogP) is 4.57. The van der Waals surface area contributed by atoms with E-state index in [0.29, 0.717) is 43.6 Å². The number of fused-ring (bicyclic) bond motifs is 1. The molecule has 2 amide bonds. The van der Waals surface area contributed by atoms with Crippen molar-refractivity contribution in [1.29, 1.82) is 0 Å². The Kier molecular flexibility index (Phi) is 5.54. The van der Waals surface area contributed by atoms with Crippen molar-refractivity contribution in [1.82, 2.24) is 9.80 Å². The highest BCUT2D eigenvalue weighted by Crippen LogP contribution is 2.45. The molecule has 0 aromatic heterocycles. The number of carbonyl (C=O) groups excluding carboxylic acids is 2. The topological polar surface area (TPSA) is 83.8 Å². The molecule has 3 aromatic rings. The lowest BCUT2D eigenvalue weighted by molar-refractivity contribution is -0.384. The number of hydrogen-bond acceptors (Lipinski definition) is 5. The molecule has 2 fully saturated rings. The van der Waals surface area contributed by atoms with Gasteiger partial charge in [0.05, 0.1) is 9.79 Å². The average molecular weight is 462 g/mol. The van der Waals surface area contributed by atoms with E-state index < -0.39 is 4.92 Å². The zero-order valence-electron chi connectivity index (χ0n) is 18.0. The minimum absolute atomic E-state index is 0.0150. The van der Waals surface area contributed by atoms with Gasteiger partial charge in [-0.25, -0.2) is 0 Å². The quantitative estimate of drug-likeness (QED) is 0.421. The average Bonchev–Trinajstić information content (AvgIpc) is 3.26. The highest BCUT2D eigenvalue weighted by molar-refractivity contribution is 8.00. The van der Waals surface area contributed by atoms with Crippen LogP contribution in [0.5, 0.6) is 0 Å². The molecular formula is C25H23N3O4S. The van der Waals surface area contributed by atoms with Crippen LogP contribution in [-0.4, -0.2) is 56.8 Å². The summed E-state index contributed by atoms with van der Waals surface area (Å²) in [7, 11) is 0. The highest BCUT2D eigenvalue weighted by Gasteiger charge is 2.47. The van der Waals surface area contributed by atoms with Crippen LogP contribution < -0.4 is 0 Å². The van der Waals surface area contributed by atoms with Crippen molar-refractivity contribution in [3.05, 3.63) is 88.0 Å². The van der Waals surface area contributed by atoms with E-state index in [2.05, 4.69) is 0 Å². The fraction of sp³-hybridized carbons (Fsp3) is 0.280. The van der Waals surface area contributed by atoms with Crippen molar-refractivity contribution in [3.63, 3.8) is 0 Å². The first-order valence-corrected chi connectivity index (χ1v) is 11.9. The van der Waals surface area contributed by atoms with Crippen molar-refractivity contribution in [2.24, 2.45) is 0 Å². The number of benzene rings is 3. The first kappa shape index (κ1) is 21.5. The van der Waals surface area contributed by atoms with Gasteiger partial charge in [0.15, 0.2) is 0 Å². The van der Waals surface area contributed by atoms with E-state index in [-0.39, 0.29) is 22.4 Å². The van der Waals surface area contributed by atoms with Crippen LogP contribution in [-0.2, 0) is 0 Å². The second-order valence-corrected chi connectivity index (χ2v) is 9.83. The molecule has 33 heavy (non-hydrogen) atoms. The Labute approximate surface area is 195 Å². The van der Waals surface area contributed by atoms with Crippen LogP contribution in [0.15, 0.2) is 66.7 Å².